The summed E-state index contributed by atoms with van der Waals surface area (Å²) < 4.78 is 1.74. The van der Waals surface area contributed by atoms with Crippen LogP contribution in [0.4, 0.5) is 5.82 Å². The SMILES string of the molecule is C=CC(=O)Nc1cnnn1C1CC1. The number of amides is 1. The van der Waals surface area contributed by atoms with Crippen LogP contribution in [0.25, 0.3) is 0 Å². The number of hydrogen-bond acceptors (Lipinski definition) is 3. The minimum absolute atomic E-state index is 0.232. The summed E-state index contributed by atoms with van der Waals surface area (Å²) in [5.41, 5.74) is 0. The van der Waals surface area contributed by atoms with Crippen molar-refractivity contribution in [1.29, 1.82) is 0 Å². The maximum Gasteiger partial charge on any atom is 0.248 e. The molecule has 0 radical (unpaired) electrons. The Balaban J connectivity index is 2.14. The van der Waals surface area contributed by atoms with E-state index in [-0.39, 0.29) is 5.91 Å². The van der Waals surface area contributed by atoms with E-state index >= 15 is 0 Å². The first-order valence-electron chi connectivity index (χ1n) is 4.15. The van der Waals surface area contributed by atoms with Crippen molar-refractivity contribution in [2.75, 3.05) is 5.32 Å². The second-order valence-electron chi connectivity index (χ2n) is 2.99. The molecule has 68 valence electrons. The smallest absolute Gasteiger partial charge is 0.248 e. The summed E-state index contributed by atoms with van der Waals surface area (Å²) in [5.74, 6) is 0.414. The van der Waals surface area contributed by atoms with Crippen LogP contribution in [0.5, 0.6) is 0 Å². The molecule has 0 aliphatic heterocycles. The number of anilines is 1. The molecule has 1 fully saturated rings. The van der Waals surface area contributed by atoms with Crippen LogP contribution >= 0.6 is 0 Å². The fourth-order valence-electron chi connectivity index (χ4n) is 1.10. The van der Waals surface area contributed by atoms with Gasteiger partial charge in [-0.3, -0.25) is 4.79 Å². The minimum Gasteiger partial charge on any atom is -0.306 e. The van der Waals surface area contributed by atoms with Gasteiger partial charge in [0.2, 0.25) is 5.91 Å². The molecule has 1 aromatic heterocycles. The van der Waals surface area contributed by atoms with Gasteiger partial charge in [-0.15, -0.1) is 5.10 Å². The molecular weight excluding hydrogens is 168 g/mol. The molecule has 5 heteroatoms. The highest BCUT2D eigenvalue weighted by Crippen LogP contribution is 2.35. The Bertz CT molecular complexity index is 340. The quantitative estimate of drug-likeness (QED) is 0.694. The first-order valence-corrected chi connectivity index (χ1v) is 4.15. The Morgan fingerprint density at radius 2 is 2.54 bits per heavy atom. The van der Waals surface area contributed by atoms with Crippen LogP contribution in [-0.4, -0.2) is 20.9 Å². The molecule has 0 unspecified atom stereocenters. The van der Waals surface area contributed by atoms with E-state index in [2.05, 4.69) is 22.2 Å². The molecule has 0 spiro atoms. The van der Waals surface area contributed by atoms with Gasteiger partial charge < -0.3 is 5.32 Å². The monoisotopic (exact) mass is 178 g/mol. The molecule has 5 nitrogen and oxygen atoms in total. The Hall–Kier alpha value is -1.65. The van der Waals surface area contributed by atoms with Gasteiger partial charge in [0.05, 0.1) is 12.2 Å². The van der Waals surface area contributed by atoms with Crippen molar-refractivity contribution >= 4 is 11.7 Å². The highest BCUT2D eigenvalue weighted by molar-refractivity contribution is 5.98. The minimum atomic E-state index is -0.232. The van der Waals surface area contributed by atoms with E-state index in [1.165, 1.54) is 6.08 Å². The van der Waals surface area contributed by atoms with Crippen molar-refractivity contribution in [1.82, 2.24) is 15.0 Å². The fourth-order valence-corrected chi connectivity index (χ4v) is 1.10. The highest BCUT2D eigenvalue weighted by Gasteiger charge is 2.27. The molecule has 1 aliphatic rings. The van der Waals surface area contributed by atoms with E-state index in [1.54, 1.807) is 10.9 Å². The van der Waals surface area contributed by atoms with Gasteiger partial charge in [0.1, 0.15) is 0 Å². The van der Waals surface area contributed by atoms with E-state index in [0.717, 1.165) is 12.8 Å². The summed E-state index contributed by atoms with van der Waals surface area (Å²) in [6.45, 7) is 3.37. The van der Waals surface area contributed by atoms with Crippen LogP contribution < -0.4 is 5.32 Å². The van der Waals surface area contributed by atoms with Gasteiger partial charge in [0.15, 0.2) is 5.82 Å². The highest BCUT2D eigenvalue weighted by atomic mass is 16.1. The van der Waals surface area contributed by atoms with Crippen LogP contribution in [-0.2, 0) is 4.79 Å². The molecule has 0 saturated heterocycles. The van der Waals surface area contributed by atoms with Crippen molar-refractivity contribution in [3.05, 3.63) is 18.9 Å². The summed E-state index contributed by atoms with van der Waals surface area (Å²) in [4.78, 5) is 11.0. The normalized spacial score (nSPS) is 15.4. The van der Waals surface area contributed by atoms with Gasteiger partial charge in [0, 0.05) is 0 Å². The van der Waals surface area contributed by atoms with Crippen molar-refractivity contribution < 1.29 is 4.79 Å². The molecule has 0 bridgehead atoms. The lowest BCUT2D eigenvalue weighted by Gasteiger charge is -2.03. The van der Waals surface area contributed by atoms with E-state index in [4.69, 9.17) is 0 Å². The van der Waals surface area contributed by atoms with Crippen LogP contribution in [0.2, 0.25) is 0 Å². The number of rotatable bonds is 3. The molecule has 1 aliphatic carbocycles. The predicted molar refractivity (Wildman–Crippen MR) is 47.1 cm³/mol. The van der Waals surface area contributed by atoms with Crippen molar-refractivity contribution in [2.45, 2.75) is 18.9 Å². The summed E-state index contributed by atoms with van der Waals surface area (Å²) >= 11 is 0. The van der Waals surface area contributed by atoms with E-state index in [9.17, 15) is 4.79 Å². The maximum atomic E-state index is 11.0. The third-order valence-corrected chi connectivity index (χ3v) is 1.90. The maximum absolute atomic E-state index is 11.0. The lowest BCUT2D eigenvalue weighted by molar-refractivity contribution is -0.111. The number of carbonyl (C=O) groups excluding carboxylic acids is 1. The summed E-state index contributed by atoms with van der Waals surface area (Å²) in [6.07, 6.45) is 4.99. The van der Waals surface area contributed by atoms with Gasteiger partial charge in [-0.2, -0.15) is 0 Å². The largest absolute Gasteiger partial charge is 0.306 e. The second-order valence-corrected chi connectivity index (χ2v) is 2.99. The van der Waals surface area contributed by atoms with Gasteiger partial charge in [-0.25, -0.2) is 4.68 Å². The third-order valence-electron chi connectivity index (χ3n) is 1.90. The van der Waals surface area contributed by atoms with Gasteiger partial charge in [-0.05, 0) is 18.9 Å². The lowest BCUT2D eigenvalue weighted by atomic mass is 10.5. The van der Waals surface area contributed by atoms with E-state index < -0.39 is 0 Å². The van der Waals surface area contributed by atoms with Crippen molar-refractivity contribution in [3.8, 4) is 0 Å². The average Bonchev–Trinajstić information content (AvgIpc) is 2.88. The average molecular weight is 178 g/mol. The third kappa shape index (κ3) is 1.58. The van der Waals surface area contributed by atoms with Gasteiger partial charge >= 0.3 is 0 Å². The molecular formula is C8H10N4O. The first kappa shape index (κ1) is 7.97. The second kappa shape index (κ2) is 3.01. The molecule has 13 heavy (non-hydrogen) atoms. The molecule has 1 aromatic rings. The summed E-state index contributed by atoms with van der Waals surface area (Å²) in [5, 5.41) is 10.3. The Kier molecular flexibility index (Phi) is 1.84. The van der Waals surface area contributed by atoms with Gasteiger partial charge in [0.25, 0.3) is 0 Å². The lowest BCUT2D eigenvalue weighted by Crippen LogP contribution is -2.12. The Labute approximate surface area is 75.4 Å². The molecule has 1 amide bonds. The van der Waals surface area contributed by atoms with E-state index in [1.807, 2.05) is 0 Å². The predicted octanol–water partition coefficient (Wildman–Crippen LogP) is 0.737. The number of hydrogen-bond donors (Lipinski definition) is 1. The zero-order valence-corrected chi connectivity index (χ0v) is 7.10. The van der Waals surface area contributed by atoms with Crippen LogP contribution in [0.1, 0.15) is 18.9 Å². The van der Waals surface area contributed by atoms with Crippen LogP contribution in [0, 0.1) is 0 Å². The van der Waals surface area contributed by atoms with Crippen LogP contribution in [0.3, 0.4) is 0 Å². The Morgan fingerprint density at radius 1 is 1.77 bits per heavy atom. The summed E-state index contributed by atoms with van der Waals surface area (Å²) in [7, 11) is 0. The molecule has 0 atom stereocenters. The molecule has 1 saturated carbocycles. The number of carbonyl (C=O) groups is 1. The number of nitrogens with zero attached hydrogens (tertiary/aromatic N) is 3. The zero-order chi connectivity index (χ0) is 9.26. The standard InChI is InChI=1S/C8H10N4O/c1-2-8(13)10-7-5-9-11-12(7)6-3-4-6/h2,5-6H,1,3-4H2,(H,10,13). The van der Waals surface area contributed by atoms with Crippen molar-refractivity contribution in [3.63, 3.8) is 0 Å². The molecule has 2 rings (SSSR count). The molecule has 1 heterocycles. The van der Waals surface area contributed by atoms with Crippen molar-refractivity contribution in [2.24, 2.45) is 0 Å². The topological polar surface area (TPSA) is 59.8 Å². The fraction of sp³-hybridized carbons (Fsp3) is 0.375. The zero-order valence-electron chi connectivity index (χ0n) is 7.10. The molecule has 1 N–H and O–H groups in total. The van der Waals surface area contributed by atoms with E-state index in [0.29, 0.717) is 11.9 Å². The number of aromatic nitrogens is 3. The number of nitrogens with one attached hydrogen (secondary N) is 1. The molecule has 0 aromatic carbocycles. The van der Waals surface area contributed by atoms with Crippen LogP contribution in [0.15, 0.2) is 18.9 Å². The Morgan fingerprint density at radius 3 is 3.15 bits per heavy atom. The van der Waals surface area contributed by atoms with Gasteiger partial charge in [-0.1, -0.05) is 11.8 Å². The summed E-state index contributed by atoms with van der Waals surface area (Å²) in [6, 6.07) is 0.419. The first-order chi connectivity index (χ1) is 6.31.